The van der Waals surface area contributed by atoms with Gasteiger partial charge in [0.05, 0.1) is 18.0 Å². The van der Waals surface area contributed by atoms with Gasteiger partial charge in [0.1, 0.15) is 12.2 Å². The van der Waals surface area contributed by atoms with E-state index in [9.17, 15) is 4.79 Å². The van der Waals surface area contributed by atoms with Crippen LogP contribution in [0.3, 0.4) is 0 Å². The van der Waals surface area contributed by atoms with E-state index in [0.717, 1.165) is 12.8 Å². The van der Waals surface area contributed by atoms with Crippen molar-refractivity contribution in [1.29, 1.82) is 0 Å². The summed E-state index contributed by atoms with van der Waals surface area (Å²) in [6.45, 7) is 9.25. The van der Waals surface area contributed by atoms with E-state index in [1.54, 1.807) is 19.2 Å². The van der Waals surface area contributed by atoms with Gasteiger partial charge in [0.25, 0.3) is 5.91 Å². The van der Waals surface area contributed by atoms with Crippen LogP contribution in [0, 0.1) is 6.92 Å². The predicted molar refractivity (Wildman–Crippen MR) is 94.5 cm³/mol. The van der Waals surface area contributed by atoms with E-state index in [1.165, 1.54) is 0 Å². The second-order valence-corrected chi connectivity index (χ2v) is 5.91. The first kappa shape index (κ1) is 20.4. The number of anilines is 1. The summed E-state index contributed by atoms with van der Waals surface area (Å²) in [5, 5.41) is 2.93. The third-order valence-electron chi connectivity index (χ3n) is 3.68. The number of aromatic nitrogens is 1. The monoisotopic (exact) mass is 338 g/mol. The maximum atomic E-state index is 12.7. The second-order valence-electron chi connectivity index (χ2n) is 5.91. The molecule has 136 valence electrons. The van der Waals surface area contributed by atoms with Crippen LogP contribution in [0.15, 0.2) is 12.1 Å². The average Bonchev–Trinajstić information content (AvgIpc) is 2.55. The molecule has 1 aromatic rings. The summed E-state index contributed by atoms with van der Waals surface area (Å²) in [5.41, 5.74) is 0.541. The van der Waals surface area contributed by atoms with Gasteiger partial charge in [0.2, 0.25) is 5.88 Å². The molecule has 0 saturated heterocycles. The first-order chi connectivity index (χ1) is 11.5. The van der Waals surface area contributed by atoms with Crippen LogP contribution in [-0.2, 0) is 14.3 Å². The average molecular weight is 338 g/mol. The number of nitrogens with one attached hydrogen (secondary N) is 1. The molecule has 1 heterocycles. The van der Waals surface area contributed by atoms with E-state index in [-0.39, 0.29) is 5.91 Å². The molecule has 0 saturated carbocycles. The molecule has 24 heavy (non-hydrogen) atoms. The van der Waals surface area contributed by atoms with Crippen LogP contribution in [0.5, 0.6) is 5.88 Å². The Hall–Kier alpha value is -1.66. The van der Waals surface area contributed by atoms with Crippen molar-refractivity contribution in [3.63, 3.8) is 0 Å². The normalized spacial score (nSPS) is 13.4. The number of hydrogen-bond donors (Lipinski definition) is 1. The molecule has 1 N–H and O–H groups in total. The lowest BCUT2D eigenvalue weighted by Crippen LogP contribution is -2.43. The minimum atomic E-state index is -0.829. The number of carbonyl (C=O) groups excluding carboxylic acids is 1. The summed E-state index contributed by atoms with van der Waals surface area (Å²) < 4.78 is 16.2. The largest absolute Gasteiger partial charge is 0.475 e. The van der Waals surface area contributed by atoms with E-state index in [1.807, 2.05) is 27.7 Å². The highest BCUT2D eigenvalue weighted by Gasteiger charge is 2.33. The zero-order chi connectivity index (χ0) is 18.0. The number of aryl methyl sites for hydroxylation is 1. The molecule has 0 radical (unpaired) electrons. The standard InChI is InChI=1S/C18H30N2O4/c1-6-10-18(4,24-11-7-2)17(21)20-15-8-9-16(19-14(15)3)23-13-12-22-5/h8-9H,6-7,10-13H2,1-5H3,(H,20,21)/t18-/m0/s1. The van der Waals surface area contributed by atoms with Crippen LogP contribution >= 0.6 is 0 Å². The van der Waals surface area contributed by atoms with Crippen molar-refractivity contribution < 1.29 is 19.0 Å². The Kier molecular flexibility index (Phi) is 8.71. The molecular formula is C18H30N2O4. The Balaban J connectivity index is 2.77. The van der Waals surface area contributed by atoms with Crippen LogP contribution in [-0.4, -0.2) is 43.4 Å². The van der Waals surface area contributed by atoms with Crippen molar-refractivity contribution in [2.24, 2.45) is 0 Å². The van der Waals surface area contributed by atoms with E-state index in [0.29, 0.717) is 43.5 Å². The number of nitrogens with zero attached hydrogens (tertiary/aromatic N) is 1. The van der Waals surface area contributed by atoms with Crippen molar-refractivity contribution in [2.45, 2.75) is 52.6 Å². The summed E-state index contributed by atoms with van der Waals surface area (Å²) in [7, 11) is 1.62. The molecule has 1 amide bonds. The van der Waals surface area contributed by atoms with Crippen LogP contribution in [0.25, 0.3) is 0 Å². The fourth-order valence-corrected chi connectivity index (χ4v) is 2.29. The van der Waals surface area contributed by atoms with Gasteiger partial charge in [-0.25, -0.2) is 4.98 Å². The van der Waals surface area contributed by atoms with Crippen LogP contribution < -0.4 is 10.1 Å². The maximum Gasteiger partial charge on any atom is 0.256 e. The van der Waals surface area contributed by atoms with E-state index in [2.05, 4.69) is 10.3 Å². The van der Waals surface area contributed by atoms with Gasteiger partial charge in [0, 0.05) is 19.8 Å². The third kappa shape index (κ3) is 6.09. The highest BCUT2D eigenvalue weighted by Crippen LogP contribution is 2.23. The Bertz CT molecular complexity index is 522. The molecule has 0 fully saturated rings. The highest BCUT2D eigenvalue weighted by atomic mass is 16.5. The fourth-order valence-electron chi connectivity index (χ4n) is 2.29. The van der Waals surface area contributed by atoms with Gasteiger partial charge < -0.3 is 19.5 Å². The summed E-state index contributed by atoms with van der Waals surface area (Å²) in [4.78, 5) is 17.0. The predicted octanol–water partition coefficient (Wildman–Crippen LogP) is 3.34. The van der Waals surface area contributed by atoms with Gasteiger partial charge in [-0.2, -0.15) is 0 Å². The first-order valence-corrected chi connectivity index (χ1v) is 8.51. The van der Waals surface area contributed by atoms with Gasteiger partial charge in [-0.15, -0.1) is 0 Å². The quantitative estimate of drug-likeness (QED) is 0.627. The molecule has 1 aromatic heterocycles. The number of hydrogen-bond acceptors (Lipinski definition) is 5. The molecule has 0 aromatic carbocycles. The molecule has 0 aliphatic rings. The summed E-state index contributed by atoms with van der Waals surface area (Å²) in [5.74, 6) is 0.372. The molecule has 6 nitrogen and oxygen atoms in total. The minimum absolute atomic E-state index is 0.143. The molecule has 0 aliphatic carbocycles. The zero-order valence-corrected chi connectivity index (χ0v) is 15.5. The molecule has 0 aliphatic heterocycles. The molecule has 0 bridgehead atoms. The summed E-state index contributed by atoms with van der Waals surface area (Å²) >= 11 is 0. The van der Waals surface area contributed by atoms with Crippen molar-refractivity contribution in [3.05, 3.63) is 17.8 Å². The number of pyridine rings is 1. The number of rotatable bonds is 11. The van der Waals surface area contributed by atoms with Gasteiger partial charge >= 0.3 is 0 Å². The SMILES string of the molecule is CCCO[C@@](C)(CCC)C(=O)Nc1ccc(OCCOC)nc1C. The lowest BCUT2D eigenvalue weighted by Gasteiger charge is -2.28. The number of methoxy groups -OCH3 is 1. The Morgan fingerprint density at radius 2 is 1.96 bits per heavy atom. The minimum Gasteiger partial charge on any atom is -0.475 e. The number of ether oxygens (including phenoxy) is 3. The van der Waals surface area contributed by atoms with Crippen LogP contribution in [0.1, 0.15) is 45.7 Å². The van der Waals surface area contributed by atoms with Crippen molar-refractivity contribution in [1.82, 2.24) is 4.98 Å². The lowest BCUT2D eigenvalue weighted by atomic mass is 9.99. The van der Waals surface area contributed by atoms with Crippen molar-refractivity contribution >= 4 is 11.6 Å². The Labute approximate surface area is 144 Å². The Morgan fingerprint density at radius 1 is 1.21 bits per heavy atom. The number of carbonyl (C=O) groups is 1. The lowest BCUT2D eigenvalue weighted by molar-refractivity contribution is -0.140. The van der Waals surface area contributed by atoms with Crippen molar-refractivity contribution in [2.75, 3.05) is 32.2 Å². The molecular weight excluding hydrogens is 308 g/mol. The molecule has 0 spiro atoms. The van der Waals surface area contributed by atoms with E-state index in [4.69, 9.17) is 14.2 Å². The first-order valence-electron chi connectivity index (χ1n) is 8.51. The topological polar surface area (TPSA) is 69.7 Å². The van der Waals surface area contributed by atoms with Crippen LogP contribution in [0.4, 0.5) is 5.69 Å². The van der Waals surface area contributed by atoms with Crippen molar-refractivity contribution in [3.8, 4) is 5.88 Å². The van der Waals surface area contributed by atoms with Gasteiger partial charge in [-0.05, 0) is 32.8 Å². The van der Waals surface area contributed by atoms with Gasteiger partial charge in [-0.3, -0.25) is 4.79 Å². The highest BCUT2D eigenvalue weighted by molar-refractivity contribution is 5.97. The summed E-state index contributed by atoms with van der Waals surface area (Å²) in [6.07, 6.45) is 2.42. The summed E-state index contributed by atoms with van der Waals surface area (Å²) in [6, 6.07) is 3.54. The molecule has 0 unspecified atom stereocenters. The molecule has 1 atom stereocenters. The zero-order valence-electron chi connectivity index (χ0n) is 15.5. The molecule has 6 heteroatoms. The second kappa shape index (κ2) is 10.3. The number of amides is 1. The van der Waals surface area contributed by atoms with Crippen LogP contribution in [0.2, 0.25) is 0 Å². The van der Waals surface area contributed by atoms with Gasteiger partial charge in [-0.1, -0.05) is 20.3 Å². The smallest absolute Gasteiger partial charge is 0.256 e. The Morgan fingerprint density at radius 3 is 2.54 bits per heavy atom. The maximum absolute atomic E-state index is 12.7. The van der Waals surface area contributed by atoms with Gasteiger partial charge in [0.15, 0.2) is 0 Å². The van der Waals surface area contributed by atoms with E-state index < -0.39 is 5.60 Å². The molecule has 1 rings (SSSR count). The van der Waals surface area contributed by atoms with E-state index >= 15 is 0 Å². The fraction of sp³-hybridized carbons (Fsp3) is 0.667. The third-order valence-corrected chi connectivity index (χ3v) is 3.68.